The Morgan fingerprint density at radius 2 is 1.69 bits per heavy atom. The number of imidazole rings is 1. The third kappa shape index (κ3) is 4.84. The van der Waals surface area contributed by atoms with E-state index in [-0.39, 0.29) is 17.9 Å². The maximum atomic E-state index is 13.9. The minimum absolute atomic E-state index is 0.0421. The number of para-hydroxylation sites is 2. The van der Waals surface area contributed by atoms with Crippen LogP contribution in [0, 0.1) is 0 Å². The lowest BCUT2D eigenvalue weighted by atomic mass is 9.92. The Morgan fingerprint density at radius 3 is 2.46 bits per heavy atom. The molecule has 3 aromatic rings. The molecule has 2 amide bonds. The largest absolute Gasteiger partial charge is 0.351 e. The van der Waals surface area contributed by atoms with Crippen LogP contribution in [0.2, 0.25) is 0 Å². The third-order valence-electron chi connectivity index (χ3n) is 7.77. The van der Waals surface area contributed by atoms with Crippen LogP contribution in [0.5, 0.6) is 0 Å². The molecular weight excluding hydrogens is 436 g/mol. The lowest BCUT2D eigenvalue weighted by molar-refractivity contribution is -0.133. The van der Waals surface area contributed by atoms with Crippen LogP contribution in [0.4, 0.5) is 0 Å². The van der Waals surface area contributed by atoms with Gasteiger partial charge in [-0.2, -0.15) is 0 Å². The van der Waals surface area contributed by atoms with E-state index >= 15 is 0 Å². The molecule has 2 aliphatic rings. The maximum absolute atomic E-state index is 13.9. The van der Waals surface area contributed by atoms with Gasteiger partial charge in [-0.05, 0) is 50.3 Å². The number of aryl methyl sites for hydroxylation is 1. The van der Waals surface area contributed by atoms with Crippen molar-refractivity contribution in [3.63, 3.8) is 0 Å². The molecule has 5 rings (SSSR count). The Labute approximate surface area is 207 Å². The molecule has 1 aliphatic carbocycles. The summed E-state index contributed by atoms with van der Waals surface area (Å²) in [4.78, 5) is 34.1. The topological polar surface area (TPSA) is 67.2 Å². The molecule has 0 saturated heterocycles. The van der Waals surface area contributed by atoms with Gasteiger partial charge in [0.15, 0.2) is 5.82 Å². The molecule has 1 aromatic heterocycles. The summed E-state index contributed by atoms with van der Waals surface area (Å²) < 4.78 is 1.95. The van der Waals surface area contributed by atoms with Crippen LogP contribution in [-0.2, 0) is 17.8 Å². The Morgan fingerprint density at radius 1 is 1.00 bits per heavy atom. The Balaban J connectivity index is 1.42. The first-order chi connectivity index (χ1) is 17.1. The summed E-state index contributed by atoms with van der Waals surface area (Å²) in [5.74, 6) is 0.234. The number of carbonyl (C=O) groups excluding carboxylic acids is 2. The van der Waals surface area contributed by atoms with E-state index in [1.165, 1.54) is 24.8 Å². The molecule has 0 bridgehead atoms. The second-order valence-corrected chi connectivity index (χ2v) is 10.3. The number of nitrogens with one attached hydrogen (secondary N) is 1. The SMILES string of the molecule is C[C@@]1(C(=O)NC2CCCCCCC2)Cn2c(nc3ccccc32)C(=O)N1CCCc1ccccc1. The van der Waals surface area contributed by atoms with Crippen molar-refractivity contribution >= 4 is 22.8 Å². The van der Waals surface area contributed by atoms with Crippen LogP contribution in [0.1, 0.15) is 74.5 Å². The predicted octanol–water partition coefficient (Wildman–Crippen LogP) is 5.11. The second-order valence-electron chi connectivity index (χ2n) is 10.3. The predicted molar refractivity (Wildman–Crippen MR) is 138 cm³/mol. The molecule has 1 N–H and O–H groups in total. The van der Waals surface area contributed by atoms with E-state index in [0.29, 0.717) is 18.9 Å². The number of aromatic nitrogens is 2. The smallest absolute Gasteiger partial charge is 0.290 e. The van der Waals surface area contributed by atoms with Crippen LogP contribution in [0.25, 0.3) is 11.0 Å². The van der Waals surface area contributed by atoms with Gasteiger partial charge in [0.25, 0.3) is 5.91 Å². The highest BCUT2D eigenvalue weighted by molar-refractivity contribution is 6.01. The van der Waals surface area contributed by atoms with Crippen molar-refractivity contribution in [3.05, 3.63) is 66.0 Å². The Bertz CT molecular complexity index is 1180. The second kappa shape index (κ2) is 10.2. The summed E-state index contributed by atoms with van der Waals surface area (Å²) in [6.07, 6.45) is 9.75. The van der Waals surface area contributed by atoms with E-state index in [4.69, 9.17) is 0 Å². The minimum Gasteiger partial charge on any atom is -0.351 e. The van der Waals surface area contributed by atoms with Crippen molar-refractivity contribution in [1.82, 2.24) is 19.8 Å². The number of hydrogen-bond donors (Lipinski definition) is 1. The molecule has 35 heavy (non-hydrogen) atoms. The van der Waals surface area contributed by atoms with Gasteiger partial charge in [-0.15, -0.1) is 0 Å². The maximum Gasteiger partial charge on any atom is 0.290 e. The van der Waals surface area contributed by atoms with E-state index in [0.717, 1.165) is 49.6 Å². The van der Waals surface area contributed by atoms with Gasteiger partial charge in [-0.25, -0.2) is 4.98 Å². The summed E-state index contributed by atoms with van der Waals surface area (Å²) in [5.41, 5.74) is 1.98. The standard InChI is InChI=1S/C29H36N4O2/c1-29(28(35)30-23-16-8-3-2-4-9-17-23)21-32-25-19-11-10-18-24(25)31-26(32)27(34)33(29)20-12-15-22-13-6-5-7-14-22/h5-7,10-11,13-14,18-19,23H,2-4,8-9,12,15-17,20-21H2,1H3,(H,30,35)/t29-/m0/s1. The fraction of sp³-hybridized carbons (Fsp3) is 0.483. The number of carbonyl (C=O) groups is 2. The number of benzene rings is 2. The first kappa shape index (κ1) is 23.6. The highest BCUT2D eigenvalue weighted by Gasteiger charge is 2.48. The summed E-state index contributed by atoms with van der Waals surface area (Å²) in [6.45, 7) is 2.87. The van der Waals surface area contributed by atoms with Crippen molar-refractivity contribution < 1.29 is 9.59 Å². The number of nitrogens with zero attached hydrogens (tertiary/aromatic N) is 3. The van der Waals surface area contributed by atoms with E-state index in [1.54, 1.807) is 4.90 Å². The zero-order chi connectivity index (χ0) is 24.3. The average molecular weight is 473 g/mol. The van der Waals surface area contributed by atoms with Crippen molar-refractivity contribution in [1.29, 1.82) is 0 Å². The number of fused-ring (bicyclic) bond motifs is 3. The molecular formula is C29H36N4O2. The molecule has 1 fully saturated rings. The Hall–Kier alpha value is -3.15. The normalized spacial score (nSPS) is 21.4. The van der Waals surface area contributed by atoms with Crippen LogP contribution < -0.4 is 5.32 Å². The first-order valence-electron chi connectivity index (χ1n) is 13.2. The first-order valence-corrected chi connectivity index (χ1v) is 13.2. The van der Waals surface area contributed by atoms with Gasteiger partial charge in [0.05, 0.1) is 17.6 Å². The summed E-state index contributed by atoms with van der Waals surface area (Å²) in [5, 5.41) is 3.36. The average Bonchev–Trinajstić information content (AvgIpc) is 3.22. The highest BCUT2D eigenvalue weighted by Crippen LogP contribution is 2.31. The van der Waals surface area contributed by atoms with E-state index in [9.17, 15) is 9.59 Å². The van der Waals surface area contributed by atoms with E-state index in [1.807, 2.05) is 54.0 Å². The van der Waals surface area contributed by atoms with Gasteiger partial charge >= 0.3 is 0 Å². The van der Waals surface area contributed by atoms with Crippen LogP contribution in [-0.4, -0.2) is 44.4 Å². The Kier molecular flexibility index (Phi) is 6.89. The van der Waals surface area contributed by atoms with Gasteiger partial charge in [-0.3, -0.25) is 9.59 Å². The number of rotatable bonds is 6. The van der Waals surface area contributed by atoms with Crippen molar-refractivity contribution in [3.8, 4) is 0 Å². The molecule has 6 nitrogen and oxygen atoms in total. The zero-order valence-corrected chi connectivity index (χ0v) is 20.7. The molecule has 2 aromatic carbocycles. The molecule has 1 saturated carbocycles. The van der Waals surface area contributed by atoms with Crippen LogP contribution in [0.3, 0.4) is 0 Å². The quantitative estimate of drug-likeness (QED) is 0.542. The molecule has 2 heterocycles. The highest BCUT2D eigenvalue weighted by atomic mass is 16.2. The molecule has 1 atom stereocenters. The van der Waals surface area contributed by atoms with Crippen molar-refractivity contribution in [2.24, 2.45) is 0 Å². The van der Waals surface area contributed by atoms with Crippen LogP contribution in [0.15, 0.2) is 54.6 Å². The monoisotopic (exact) mass is 472 g/mol. The molecule has 0 spiro atoms. The summed E-state index contributed by atoms with van der Waals surface area (Å²) in [6, 6.07) is 18.3. The van der Waals surface area contributed by atoms with Gasteiger partial charge in [0.1, 0.15) is 5.54 Å². The minimum atomic E-state index is -0.966. The van der Waals surface area contributed by atoms with Crippen molar-refractivity contribution in [2.45, 2.75) is 82.8 Å². The molecule has 0 unspecified atom stereocenters. The fourth-order valence-corrected chi connectivity index (χ4v) is 5.71. The zero-order valence-electron chi connectivity index (χ0n) is 20.7. The van der Waals surface area contributed by atoms with Gasteiger partial charge in [0.2, 0.25) is 5.91 Å². The van der Waals surface area contributed by atoms with Crippen LogP contribution >= 0.6 is 0 Å². The van der Waals surface area contributed by atoms with E-state index in [2.05, 4.69) is 22.4 Å². The molecule has 184 valence electrons. The summed E-state index contributed by atoms with van der Waals surface area (Å²) >= 11 is 0. The van der Waals surface area contributed by atoms with Gasteiger partial charge in [0, 0.05) is 12.6 Å². The van der Waals surface area contributed by atoms with Gasteiger partial charge in [-0.1, -0.05) is 74.6 Å². The molecule has 1 aliphatic heterocycles. The van der Waals surface area contributed by atoms with E-state index < -0.39 is 5.54 Å². The number of amides is 2. The lowest BCUT2D eigenvalue weighted by Crippen LogP contribution is -2.65. The molecule has 6 heteroatoms. The fourth-order valence-electron chi connectivity index (χ4n) is 5.71. The third-order valence-corrected chi connectivity index (χ3v) is 7.77. The number of hydrogen-bond acceptors (Lipinski definition) is 3. The summed E-state index contributed by atoms with van der Waals surface area (Å²) in [7, 11) is 0. The lowest BCUT2D eigenvalue weighted by Gasteiger charge is -2.44. The van der Waals surface area contributed by atoms with Crippen molar-refractivity contribution in [2.75, 3.05) is 6.54 Å². The molecule has 0 radical (unpaired) electrons. The van der Waals surface area contributed by atoms with Gasteiger partial charge < -0.3 is 14.8 Å².